The summed E-state index contributed by atoms with van der Waals surface area (Å²) in [5.41, 5.74) is 19.5. The molecule has 1 aliphatic carbocycles. The van der Waals surface area contributed by atoms with Gasteiger partial charge in [-0.05, 0) is 31.6 Å². The molecular weight excluding hydrogens is 614 g/mol. The van der Waals surface area contributed by atoms with E-state index in [9.17, 15) is 20.2 Å². The summed E-state index contributed by atoms with van der Waals surface area (Å²) in [6.45, 7) is 11.8. The number of rotatable bonds is 22. The van der Waals surface area contributed by atoms with Gasteiger partial charge < -0.3 is 20.6 Å². The maximum Gasteiger partial charge on any atom is 0.272 e. The van der Waals surface area contributed by atoms with Crippen molar-refractivity contribution in [2.45, 2.75) is 98.1 Å². The van der Waals surface area contributed by atoms with E-state index in [0.717, 1.165) is 80.1 Å². The number of nitro groups is 2. The zero-order valence-corrected chi connectivity index (χ0v) is 29.1. The third-order valence-corrected chi connectivity index (χ3v) is 8.85. The van der Waals surface area contributed by atoms with Crippen LogP contribution >= 0.6 is 0 Å². The van der Waals surface area contributed by atoms with Gasteiger partial charge in [0.15, 0.2) is 5.69 Å². The van der Waals surface area contributed by atoms with Crippen molar-refractivity contribution in [1.29, 1.82) is 0 Å². The monoisotopic (exact) mass is 669 g/mol. The van der Waals surface area contributed by atoms with Crippen molar-refractivity contribution in [2.24, 2.45) is 11.8 Å². The molecule has 13 nitrogen and oxygen atoms in total. The minimum atomic E-state index is -1.34. The number of nitrogens with zero attached hydrogens (tertiary/aromatic N) is 2. The van der Waals surface area contributed by atoms with E-state index in [4.69, 9.17) is 9.47 Å². The summed E-state index contributed by atoms with van der Waals surface area (Å²) in [6.07, 6.45) is 12.3. The summed E-state index contributed by atoms with van der Waals surface area (Å²) in [7, 11) is 0. The number of allylic oxidation sites excluding steroid dienone is 1. The summed E-state index contributed by atoms with van der Waals surface area (Å²) in [5, 5.41) is 23.2. The molecule has 0 saturated heterocycles. The van der Waals surface area contributed by atoms with Crippen LogP contribution in [0, 0.1) is 39.0 Å². The van der Waals surface area contributed by atoms with E-state index < -0.39 is 21.9 Å². The predicted molar refractivity (Wildman–Crippen MR) is 189 cm³/mol. The van der Waals surface area contributed by atoms with Crippen LogP contribution in [0.3, 0.4) is 0 Å². The van der Waals surface area contributed by atoms with Gasteiger partial charge in [-0.15, -0.1) is 0 Å². The molecule has 0 spiro atoms. The molecule has 2 aromatic rings. The van der Waals surface area contributed by atoms with E-state index in [0.29, 0.717) is 42.2 Å². The SMILES string of the molecule is CCCCC(CC)COc1cc(N[NH2+]c2ccc([NH3+])cc2C)c(OCC(CC)CCCC)cc1NNC1C=CC([N+](=O)[O-])=CC1[N+](=O)[O-]. The molecule has 4 atom stereocenters. The van der Waals surface area contributed by atoms with Crippen LogP contribution in [-0.2, 0) is 0 Å². The second kappa shape index (κ2) is 19.6. The number of nitrogen functional groups attached to an aromatic ring is 1. The maximum atomic E-state index is 11.9. The Morgan fingerprint density at radius 2 is 1.52 bits per heavy atom. The number of aryl methyl sites for hydroxylation is 1. The standard InChI is InChI=1S/C35H53N7O6/c1-6-10-12-25(8-3)22-47-34-21-32(40-38-30-17-15-28(41(43)44)19-33(30)42(45)46)35(48-23-26(9-4)13-11-7-2)20-31(34)39-37-29-16-14-27(36)18-24(29)5/h14-21,25-26,30,33,37-40H,6-13,22-23,36H2,1-5H3/p+2. The van der Waals surface area contributed by atoms with E-state index in [1.54, 1.807) is 0 Å². The quantitative estimate of drug-likeness (QED) is 0.0438. The number of hydrazine groups is 1. The molecule has 0 radical (unpaired) electrons. The number of nitrogens with one attached hydrogen (secondary N) is 3. The summed E-state index contributed by atoms with van der Waals surface area (Å²) < 4.78 is 13.0. The summed E-state index contributed by atoms with van der Waals surface area (Å²) in [4.78, 5) is 22.0. The first-order valence-electron chi connectivity index (χ1n) is 17.2. The highest BCUT2D eigenvalue weighted by atomic mass is 16.6. The molecule has 0 aliphatic heterocycles. The molecule has 0 amide bonds. The van der Waals surface area contributed by atoms with Gasteiger partial charge in [0, 0.05) is 46.9 Å². The Hall–Kier alpha value is -4.20. The molecule has 0 heterocycles. The van der Waals surface area contributed by atoms with Crippen LogP contribution in [0.2, 0.25) is 0 Å². The first-order chi connectivity index (χ1) is 23.1. The molecule has 4 unspecified atom stereocenters. The molecule has 8 N–H and O–H groups in total. The number of ether oxygens (including phenoxy) is 2. The van der Waals surface area contributed by atoms with E-state index in [1.807, 2.05) is 42.7 Å². The Morgan fingerprint density at radius 1 is 0.917 bits per heavy atom. The second-order valence-corrected chi connectivity index (χ2v) is 12.6. The zero-order chi connectivity index (χ0) is 35.1. The van der Waals surface area contributed by atoms with Crippen LogP contribution in [0.15, 0.2) is 54.3 Å². The van der Waals surface area contributed by atoms with Gasteiger partial charge in [0.2, 0.25) is 0 Å². The van der Waals surface area contributed by atoms with Crippen LogP contribution in [0.4, 0.5) is 22.7 Å². The number of hydrogen-bond donors (Lipinski definition) is 5. The molecule has 0 aromatic heterocycles. The molecule has 1 aliphatic rings. The van der Waals surface area contributed by atoms with Gasteiger partial charge in [0.05, 0.1) is 29.9 Å². The summed E-state index contributed by atoms with van der Waals surface area (Å²) in [5.74, 6) is 1.90. The smallest absolute Gasteiger partial charge is 0.272 e. The third-order valence-electron chi connectivity index (χ3n) is 8.85. The average molecular weight is 670 g/mol. The Morgan fingerprint density at radius 3 is 2.06 bits per heavy atom. The van der Waals surface area contributed by atoms with Gasteiger partial charge in [0.1, 0.15) is 28.9 Å². The van der Waals surface area contributed by atoms with E-state index >= 15 is 0 Å². The molecule has 0 bridgehead atoms. The highest BCUT2D eigenvalue weighted by Crippen LogP contribution is 2.37. The lowest BCUT2D eigenvalue weighted by Gasteiger charge is -2.24. The van der Waals surface area contributed by atoms with Crippen molar-refractivity contribution in [1.82, 2.24) is 5.43 Å². The molecular formula is C35H55N7O6+2. The molecule has 0 fully saturated rings. The topological polar surface area (TPSA) is 185 Å². The number of anilines is 2. The fraction of sp³-hybridized carbons (Fsp3) is 0.543. The number of nitrogens with two attached hydrogens (primary N) is 1. The Balaban J connectivity index is 1.98. The van der Waals surface area contributed by atoms with E-state index in [1.165, 1.54) is 12.2 Å². The summed E-state index contributed by atoms with van der Waals surface area (Å²) >= 11 is 0. The molecule has 2 aromatic carbocycles. The Kier molecular flexibility index (Phi) is 15.6. The minimum Gasteiger partial charge on any atom is -0.491 e. The lowest BCUT2D eigenvalue weighted by molar-refractivity contribution is -0.539. The molecule has 3 rings (SSSR count). The first kappa shape index (κ1) is 38.2. The van der Waals surface area contributed by atoms with Crippen molar-refractivity contribution in [3.63, 3.8) is 0 Å². The highest BCUT2D eigenvalue weighted by molar-refractivity contribution is 5.70. The van der Waals surface area contributed by atoms with Crippen LogP contribution in [0.1, 0.15) is 84.6 Å². The van der Waals surface area contributed by atoms with Gasteiger partial charge in [-0.1, -0.05) is 72.3 Å². The minimum absolute atomic E-state index is 0.313. The molecule has 264 valence electrons. The van der Waals surface area contributed by atoms with Crippen LogP contribution in [0.5, 0.6) is 11.5 Å². The van der Waals surface area contributed by atoms with Crippen molar-refractivity contribution in [3.8, 4) is 11.5 Å². The van der Waals surface area contributed by atoms with Crippen molar-refractivity contribution >= 4 is 22.7 Å². The molecule has 0 saturated carbocycles. The number of benzene rings is 2. The van der Waals surface area contributed by atoms with Crippen LogP contribution in [-0.4, -0.2) is 35.1 Å². The fourth-order valence-electron chi connectivity index (χ4n) is 5.53. The van der Waals surface area contributed by atoms with Gasteiger partial charge in [0.25, 0.3) is 11.7 Å². The van der Waals surface area contributed by atoms with Gasteiger partial charge >= 0.3 is 0 Å². The molecule has 48 heavy (non-hydrogen) atoms. The lowest BCUT2D eigenvalue weighted by atomic mass is 10.0. The van der Waals surface area contributed by atoms with Crippen molar-refractivity contribution < 1.29 is 30.5 Å². The van der Waals surface area contributed by atoms with Crippen LogP contribution in [0.25, 0.3) is 0 Å². The highest BCUT2D eigenvalue weighted by Gasteiger charge is 2.34. The number of quaternary nitrogens is 2. The third kappa shape index (κ3) is 11.5. The number of unbranched alkanes of at least 4 members (excludes halogenated alkanes) is 2. The normalized spacial score (nSPS) is 16.9. The first-order valence-corrected chi connectivity index (χ1v) is 17.2. The maximum absolute atomic E-state index is 11.9. The predicted octanol–water partition coefficient (Wildman–Crippen LogP) is 5.94. The average Bonchev–Trinajstić information content (AvgIpc) is 3.07. The van der Waals surface area contributed by atoms with E-state index in [-0.39, 0.29) is 5.70 Å². The van der Waals surface area contributed by atoms with Crippen molar-refractivity contribution in [2.75, 3.05) is 24.1 Å². The van der Waals surface area contributed by atoms with Gasteiger partial charge in [-0.25, -0.2) is 16.3 Å². The Labute approximate surface area is 284 Å². The fourth-order valence-corrected chi connectivity index (χ4v) is 5.53. The van der Waals surface area contributed by atoms with Crippen molar-refractivity contribution in [3.05, 3.63) is 80.0 Å². The summed E-state index contributed by atoms with van der Waals surface area (Å²) in [6, 6.07) is 7.56. The lowest BCUT2D eigenvalue weighted by Crippen LogP contribution is -2.83. The van der Waals surface area contributed by atoms with Gasteiger partial charge in [-0.2, -0.15) is 0 Å². The van der Waals surface area contributed by atoms with E-state index in [2.05, 4.69) is 49.7 Å². The largest absolute Gasteiger partial charge is 0.491 e. The van der Waals surface area contributed by atoms with Gasteiger partial charge in [-0.3, -0.25) is 20.2 Å². The second-order valence-electron chi connectivity index (χ2n) is 12.6. The molecule has 13 heteroatoms. The zero-order valence-electron chi connectivity index (χ0n) is 29.1. The number of hydrogen-bond acceptors (Lipinski definition) is 9. The van der Waals surface area contributed by atoms with Crippen LogP contribution < -0.4 is 36.9 Å². The Bertz CT molecular complexity index is 1420.